The van der Waals surface area contributed by atoms with Crippen LogP contribution in [-0.2, 0) is 15.8 Å². The summed E-state index contributed by atoms with van der Waals surface area (Å²) >= 11 is 0. The van der Waals surface area contributed by atoms with E-state index >= 15 is 0 Å². The van der Waals surface area contributed by atoms with Gasteiger partial charge in [-0.1, -0.05) is 6.92 Å². The lowest BCUT2D eigenvalue weighted by Gasteiger charge is -2.22. The van der Waals surface area contributed by atoms with E-state index in [2.05, 4.69) is 4.98 Å². The molecule has 1 aromatic rings. The Morgan fingerprint density at radius 2 is 2.19 bits per heavy atom. The molecular formula is C13H13F3N2O3. The Kier molecular flexibility index (Phi) is 3.65. The van der Waals surface area contributed by atoms with Crippen molar-refractivity contribution in [3.63, 3.8) is 0 Å². The summed E-state index contributed by atoms with van der Waals surface area (Å²) in [5.41, 5.74) is -2.65. The summed E-state index contributed by atoms with van der Waals surface area (Å²) in [7, 11) is 0. The van der Waals surface area contributed by atoms with Crippen molar-refractivity contribution in [1.82, 2.24) is 4.98 Å². The van der Waals surface area contributed by atoms with Gasteiger partial charge < -0.3 is 10.0 Å². The molecule has 1 unspecified atom stereocenters. The molecule has 1 amide bonds. The Morgan fingerprint density at radius 1 is 1.52 bits per heavy atom. The summed E-state index contributed by atoms with van der Waals surface area (Å²) in [6, 6.07) is 2.02. The van der Waals surface area contributed by atoms with Crippen LogP contribution in [0, 0.1) is 5.41 Å². The number of aromatic nitrogens is 1. The third kappa shape index (κ3) is 2.45. The molecule has 1 atom stereocenters. The zero-order valence-electron chi connectivity index (χ0n) is 11.1. The van der Waals surface area contributed by atoms with Gasteiger partial charge in [-0.2, -0.15) is 13.2 Å². The first-order chi connectivity index (χ1) is 9.72. The van der Waals surface area contributed by atoms with E-state index in [4.69, 9.17) is 0 Å². The highest BCUT2D eigenvalue weighted by molar-refractivity contribution is 6.11. The molecule has 2 rings (SSSR count). The summed E-state index contributed by atoms with van der Waals surface area (Å²) in [6.45, 7) is 1.64. The summed E-state index contributed by atoms with van der Waals surface area (Å²) in [5.74, 6) is -1.93. The van der Waals surface area contributed by atoms with Crippen molar-refractivity contribution >= 4 is 17.6 Å². The van der Waals surface area contributed by atoms with Gasteiger partial charge in [0.2, 0.25) is 5.91 Å². The highest BCUT2D eigenvalue weighted by Crippen LogP contribution is 2.39. The lowest BCUT2D eigenvalue weighted by Crippen LogP contribution is -2.40. The maximum absolute atomic E-state index is 12.6. The topological polar surface area (TPSA) is 70.5 Å². The Hall–Kier alpha value is -2.12. The molecular weight excluding hydrogens is 289 g/mol. The fraction of sp³-hybridized carbons (Fsp3) is 0.462. The fourth-order valence-corrected chi connectivity index (χ4v) is 2.44. The molecule has 0 bridgehead atoms. The van der Waals surface area contributed by atoms with Gasteiger partial charge in [0.25, 0.3) is 0 Å². The number of halogens is 3. The van der Waals surface area contributed by atoms with Crippen LogP contribution >= 0.6 is 0 Å². The average Bonchev–Trinajstić information content (AvgIpc) is 2.76. The van der Waals surface area contributed by atoms with Crippen molar-refractivity contribution in [3.8, 4) is 0 Å². The average molecular weight is 302 g/mol. The largest absolute Gasteiger partial charge is 0.480 e. The van der Waals surface area contributed by atoms with Crippen LogP contribution < -0.4 is 4.90 Å². The number of amides is 1. The number of pyridine rings is 1. The SMILES string of the molecule is CCC1(C(=O)O)CCN(c2ccnc(C(F)(F)F)c2)C1=O. The lowest BCUT2D eigenvalue weighted by molar-refractivity contribution is -0.153. The number of hydrogen-bond donors (Lipinski definition) is 1. The summed E-state index contributed by atoms with van der Waals surface area (Å²) < 4.78 is 37.9. The van der Waals surface area contributed by atoms with Crippen LogP contribution in [0.25, 0.3) is 0 Å². The van der Waals surface area contributed by atoms with Gasteiger partial charge in [0.05, 0.1) is 0 Å². The van der Waals surface area contributed by atoms with Gasteiger partial charge in [-0.05, 0) is 25.0 Å². The molecule has 114 valence electrons. The summed E-state index contributed by atoms with van der Waals surface area (Å²) in [5, 5.41) is 9.24. The number of anilines is 1. The molecule has 1 aromatic heterocycles. The van der Waals surface area contributed by atoms with Crippen molar-refractivity contribution in [2.24, 2.45) is 5.41 Å². The first kappa shape index (κ1) is 15.3. The first-order valence-corrected chi connectivity index (χ1v) is 6.31. The molecule has 0 saturated carbocycles. The normalized spacial score (nSPS) is 22.7. The third-order valence-corrected chi connectivity index (χ3v) is 3.78. The molecule has 1 aliphatic rings. The highest BCUT2D eigenvalue weighted by atomic mass is 19.4. The van der Waals surface area contributed by atoms with E-state index < -0.39 is 29.2 Å². The Morgan fingerprint density at radius 3 is 2.67 bits per heavy atom. The number of hydrogen-bond acceptors (Lipinski definition) is 3. The van der Waals surface area contributed by atoms with Crippen molar-refractivity contribution in [3.05, 3.63) is 24.0 Å². The smallest absolute Gasteiger partial charge is 0.433 e. The van der Waals surface area contributed by atoms with Crippen molar-refractivity contribution in [2.45, 2.75) is 25.9 Å². The molecule has 0 radical (unpaired) electrons. The second-order valence-electron chi connectivity index (χ2n) is 4.84. The van der Waals surface area contributed by atoms with Crippen LogP contribution in [0.2, 0.25) is 0 Å². The number of rotatable bonds is 3. The second kappa shape index (κ2) is 5.01. The molecule has 0 aromatic carbocycles. The maximum atomic E-state index is 12.6. The van der Waals surface area contributed by atoms with E-state index in [1.165, 1.54) is 6.07 Å². The molecule has 1 aliphatic heterocycles. The standard InChI is InChI=1S/C13H13F3N2O3/c1-2-12(11(20)21)4-6-18(10(12)19)8-3-5-17-9(7-8)13(14,15)16/h3,5,7H,2,4,6H2,1H3,(H,20,21). The number of carbonyl (C=O) groups excluding carboxylic acids is 1. The number of carbonyl (C=O) groups is 2. The quantitative estimate of drug-likeness (QED) is 0.870. The predicted octanol–water partition coefficient (Wildman–Crippen LogP) is 2.32. The van der Waals surface area contributed by atoms with E-state index in [-0.39, 0.29) is 25.1 Å². The number of carboxylic acid groups (broad SMARTS) is 1. The van der Waals surface area contributed by atoms with Crippen LogP contribution in [-0.4, -0.2) is 28.5 Å². The lowest BCUT2D eigenvalue weighted by atomic mass is 9.84. The van der Waals surface area contributed by atoms with E-state index in [1.807, 2.05) is 0 Å². The number of aliphatic carboxylic acids is 1. The van der Waals surface area contributed by atoms with Gasteiger partial charge in [0.1, 0.15) is 11.1 Å². The van der Waals surface area contributed by atoms with Crippen molar-refractivity contribution in [2.75, 3.05) is 11.4 Å². The predicted molar refractivity (Wildman–Crippen MR) is 66.6 cm³/mol. The minimum atomic E-state index is -4.62. The van der Waals surface area contributed by atoms with Gasteiger partial charge in [-0.15, -0.1) is 0 Å². The van der Waals surface area contributed by atoms with Gasteiger partial charge in [0, 0.05) is 18.4 Å². The van der Waals surface area contributed by atoms with E-state index in [0.717, 1.165) is 17.2 Å². The van der Waals surface area contributed by atoms with Crippen LogP contribution in [0.15, 0.2) is 18.3 Å². The van der Waals surface area contributed by atoms with E-state index in [1.54, 1.807) is 6.92 Å². The van der Waals surface area contributed by atoms with Crippen LogP contribution in [0.1, 0.15) is 25.5 Å². The first-order valence-electron chi connectivity index (χ1n) is 6.31. The number of alkyl halides is 3. The summed E-state index contributed by atoms with van der Waals surface area (Å²) in [6.07, 6.45) is -3.50. The number of carboxylic acids is 1. The maximum Gasteiger partial charge on any atom is 0.433 e. The molecule has 1 fully saturated rings. The minimum Gasteiger partial charge on any atom is -0.480 e. The van der Waals surface area contributed by atoms with Crippen molar-refractivity contribution in [1.29, 1.82) is 0 Å². The summed E-state index contributed by atoms with van der Waals surface area (Å²) in [4.78, 5) is 27.9. The second-order valence-corrected chi connectivity index (χ2v) is 4.84. The molecule has 8 heteroatoms. The van der Waals surface area contributed by atoms with Crippen LogP contribution in [0.5, 0.6) is 0 Å². The van der Waals surface area contributed by atoms with Gasteiger partial charge >= 0.3 is 12.1 Å². The third-order valence-electron chi connectivity index (χ3n) is 3.78. The zero-order valence-corrected chi connectivity index (χ0v) is 11.1. The molecule has 2 heterocycles. The Bertz CT molecular complexity index is 588. The van der Waals surface area contributed by atoms with E-state index in [0.29, 0.717) is 0 Å². The molecule has 5 nitrogen and oxygen atoms in total. The van der Waals surface area contributed by atoms with Crippen LogP contribution in [0.4, 0.5) is 18.9 Å². The van der Waals surface area contributed by atoms with Gasteiger partial charge in [0.15, 0.2) is 0 Å². The van der Waals surface area contributed by atoms with E-state index in [9.17, 15) is 27.9 Å². The van der Waals surface area contributed by atoms with Crippen LogP contribution in [0.3, 0.4) is 0 Å². The van der Waals surface area contributed by atoms with Crippen molar-refractivity contribution < 1.29 is 27.9 Å². The molecule has 21 heavy (non-hydrogen) atoms. The van der Waals surface area contributed by atoms with Gasteiger partial charge in [-0.3, -0.25) is 14.6 Å². The fourth-order valence-electron chi connectivity index (χ4n) is 2.44. The Labute approximate surface area is 118 Å². The molecule has 0 aliphatic carbocycles. The Balaban J connectivity index is 2.37. The molecule has 0 spiro atoms. The minimum absolute atomic E-state index is 0.0129. The molecule has 1 N–H and O–H groups in total. The monoisotopic (exact) mass is 302 g/mol. The zero-order chi connectivity index (χ0) is 15.8. The highest BCUT2D eigenvalue weighted by Gasteiger charge is 2.52. The number of nitrogens with zero attached hydrogens (tertiary/aromatic N) is 2. The van der Waals surface area contributed by atoms with Gasteiger partial charge in [-0.25, -0.2) is 0 Å². The molecule has 1 saturated heterocycles.